The molecule has 0 bridgehead atoms. The summed E-state index contributed by atoms with van der Waals surface area (Å²) in [5.41, 5.74) is 0. The average molecular weight is 319 g/mol. The second kappa shape index (κ2) is 6.27. The first-order valence-electron chi connectivity index (χ1n) is 5.88. The molecule has 118 valence electrons. The summed E-state index contributed by atoms with van der Waals surface area (Å²) in [6.07, 6.45) is -4.50. The first-order valence-corrected chi connectivity index (χ1v) is 7.49. The van der Waals surface area contributed by atoms with Crippen molar-refractivity contribution in [3.63, 3.8) is 0 Å². The summed E-state index contributed by atoms with van der Waals surface area (Å²) in [6, 6.07) is 0. The van der Waals surface area contributed by atoms with Crippen molar-refractivity contribution in [1.29, 1.82) is 0 Å². The Morgan fingerprint density at radius 2 is 2.00 bits per heavy atom. The Balaban J connectivity index is 2.48. The van der Waals surface area contributed by atoms with Crippen LogP contribution in [0.25, 0.3) is 0 Å². The Morgan fingerprint density at radius 1 is 1.40 bits per heavy atom. The predicted molar refractivity (Wildman–Crippen MR) is 62.5 cm³/mol. The summed E-state index contributed by atoms with van der Waals surface area (Å²) >= 11 is 0. The minimum atomic E-state index is -4.50. The standard InChI is InChI=1S/C10H16F3NO5S/c1-7-4-14(5-8(7)9(15)16)20(17,18)3-2-19-6-10(11,12)13/h7-8H,2-6H2,1H3,(H,15,16)/t7-,8-/m1/s1. The number of rotatable bonds is 6. The molecule has 0 radical (unpaired) electrons. The second-order valence-electron chi connectivity index (χ2n) is 4.72. The highest BCUT2D eigenvalue weighted by atomic mass is 32.2. The Labute approximate surface area is 114 Å². The molecule has 0 unspecified atom stereocenters. The highest BCUT2D eigenvalue weighted by molar-refractivity contribution is 7.89. The molecule has 0 amide bonds. The average Bonchev–Trinajstić information content (AvgIpc) is 2.66. The molecule has 1 N–H and O–H groups in total. The van der Waals surface area contributed by atoms with Crippen LogP contribution >= 0.6 is 0 Å². The molecule has 10 heteroatoms. The van der Waals surface area contributed by atoms with Crippen LogP contribution in [0.1, 0.15) is 6.92 Å². The number of sulfonamides is 1. The molecule has 0 aromatic rings. The van der Waals surface area contributed by atoms with Crippen LogP contribution in [-0.4, -0.2) is 62.0 Å². The van der Waals surface area contributed by atoms with E-state index in [0.29, 0.717) is 0 Å². The molecule has 0 spiro atoms. The minimum Gasteiger partial charge on any atom is -0.481 e. The summed E-state index contributed by atoms with van der Waals surface area (Å²) in [7, 11) is -3.80. The molecule has 1 heterocycles. The van der Waals surface area contributed by atoms with Crippen LogP contribution in [0.3, 0.4) is 0 Å². The molecule has 0 aliphatic carbocycles. The fraction of sp³-hybridized carbons (Fsp3) is 0.900. The van der Waals surface area contributed by atoms with E-state index in [1.54, 1.807) is 6.92 Å². The second-order valence-corrected chi connectivity index (χ2v) is 6.81. The summed E-state index contributed by atoms with van der Waals surface area (Å²) in [5.74, 6) is -2.80. The van der Waals surface area contributed by atoms with Gasteiger partial charge in [-0.1, -0.05) is 6.92 Å². The van der Waals surface area contributed by atoms with E-state index in [-0.39, 0.29) is 19.0 Å². The van der Waals surface area contributed by atoms with Gasteiger partial charge in [0.15, 0.2) is 0 Å². The third-order valence-corrected chi connectivity index (χ3v) is 4.81. The third kappa shape index (κ3) is 4.91. The molecule has 1 aliphatic heterocycles. The number of hydrogen-bond donors (Lipinski definition) is 1. The van der Waals surface area contributed by atoms with Gasteiger partial charge in [-0.15, -0.1) is 0 Å². The van der Waals surface area contributed by atoms with Gasteiger partial charge in [0.2, 0.25) is 10.0 Å². The number of carboxylic acids is 1. The van der Waals surface area contributed by atoms with Crippen molar-refractivity contribution in [3.05, 3.63) is 0 Å². The summed E-state index contributed by atoms with van der Waals surface area (Å²) in [5, 5.41) is 8.90. The molecular formula is C10H16F3NO5S. The number of aliphatic carboxylic acids is 1. The monoisotopic (exact) mass is 319 g/mol. The van der Waals surface area contributed by atoms with Gasteiger partial charge in [-0.3, -0.25) is 4.79 Å². The van der Waals surface area contributed by atoms with Crippen LogP contribution in [0, 0.1) is 11.8 Å². The zero-order valence-electron chi connectivity index (χ0n) is 10.8. The van der Waals surface area contributed by atoms with Crippen LogP contribution in [-0.2, 0) is 19.6 Å². The molecule has 0 saturated carbocycles. The maximum Gasteiger partial charge on any atom is 0.411 e. The largest absolute Gasteiger partial charge is 0.481 e. The fourth-order valence-electron chi connectivity index (χ4n) is 1.95. The molecule has 1 saturated heterocycles. The van der Waals surface area contributed by atoms with Crippen LogP contribution in [0.2, 0.25) is 0 Å². The van der Waals surface area contributed by atoms with E-state index in [0.717, 1.165) is 4.31 Å². The predicted octanol–water partition coefficient (Wildman–Crippen LogP) is 0.548. The van der Waals surface area contributed by atoms with Crippen LogP contribution < -0.4 is 0 Å². The number of halogens is 3. The molecule has 0 aromatic heterocycles. The first kappa shape index (κ1) is 17.2. The highest BCUT2D eigenvalue weighted by Gasteiger charge is 2.40. The summed E-state index contributed by atoms with van der Waals surface area (Å²) in [4.78, 5) is 10.9. The van der Waals surface area contributed by atoms with Gasteiger partial charge in [0.1, 0.15) is 6.61 Å². The van der Waals surface area contributed by atoms with Crippen molar-refractivity contribution in [2.24, 2.45) is 11.8 Å². The van der Waals surface area contributed by atoms with E-state index in [2.05, 4.69) is 4.74 Å². The molecule has 20 heavy (non-hydrogen) atoms. The van der Waals surface area contributed by atoms with Gasteiger partial charge in [-0.05, 0) is 5.92 Å². The smallest absolute Gasteiger partial charge is 0.411 e. The van der Waals surface area contributed by atoms with E-state index in [1.807, 2.05) is 0 Å². The molecule has 2 atom stereocenters. The molecule has 1 aliphatic rings. The maximum absolute atomic E-state index is 11.8. The van der Waals surface area contributed by atoms with E-state index in [9.17, 15) is 26.4 Å². The zero-order valence-corrected chi connectivity index (χ0v) is 11.6. The summed E-state index contributed by atoms with van der Waals surface area (Å²) in [6.45, 7) is -0.563. The van der Waals surface area contributed by atoms with Crippen LogP contribution in [0.4, 0.5) is 13.2 Å². The van der Waals surface area contributed by atoms with Gasteiger partial charge >= 0.3 is 12.1 Å². The molecule has 6 nitrogen and oxygen atoms in total. The Kier molecular flexibility index (Phi) is 5.39. The van der Waals surface area contributed by atoms with Crippen LogP contribution in [0.5, 0.6) is 0 Å². The van der Waals surface area contributed by atoms with Gasteiger partial charge in [0.25, 0.3) is 0 Å². The van der Waals surface area contributed by atoms with Crippen molar-refractivity contribution >= 4 is 16.0 Å². The minimum absolute atomic E-state index is 0.0541. The Bertz CT molecular complexity index is 450. The quantitative estimate of drug-likeness (QED) is 0.723. The maximum atomic E-state index is 11.8. The topological polar surface area (TPSA) is 83.9 Å². The number of alkyl halides is 3. The van der Waals surface area contributed by atoms with E-state index >= 15 is 0 Å². The first-order chi connectivity index (χ1) is 9.03. The lowest BCUT2D eigenvalue weighted by Gasteiger charge is -2.16. The third-order valence-electron chi connectivity index (χ3n) is 3.04. The lowest BCUT2D eigenvalue weighted by atomic mass is 9.99. The molecule has 1 fully saturated rings. The van der Waals surface area contributed by atoms with Crippen molar-refractivity contribution in [3.8, 4) is 0 Å². The van der Waals surface area contributed by atoms with Gasteiger partial charge in [0, 0.05) is 13.1 Å². The van der Waals surface area contributed by atoms with Crippen molar-refractivity contribution < 1.29 is 36.2 Å². The molecule has 1 rings (SSSR count). The van der Waals surface area contributed by atoms with E-state index < -0.39 is 47.1 Å². The van der Waals surface area contributed by atoms with E-state index in [4.69, 9.17) is 5.11 Å². The lowest BCUT2D eigenvalue weighted by molar-refractivity contribution is -0.172. The number of ether oxygens (including phenoxy) is 1. The number of carbonyl (C=O) groups is 1. The lowest BCUT2D eigenvalue weighted by Crippen LogP contribution is -2.34. The number of hydrogen-bond acceptors (Lipinski definition) is 4. The SMILES string of the molecule is C[C@@H]1CN(S(=O)(=O)CCOCC(F)(F)F)C[C@H]1C(=O)O. The highest BCUT2D eigenvalue weighted by Crippen LogP contribution is 2.25. The number of carboxylic acid groups (broad SMARTS) is 1. The van der Waals surface area contributed by atoms with Crippen LogP contribution in [0.15, 0.2) is 0 Å². The van der Waals surface area contributed by atoms with Crippen molar-refractivity contribution in [1.82, 2.24) is 4.31 Å². The van der Waals surface area contributed by atoms with Crippen molar-refractivity contribution in [2.75, 3.05) is 32.1 Å². The zero-order chi connectivity index (χ0) is 15.6. The fourth-order valence-corrected chi connectivity index (χ4v) is 3.39. The summed E-state index contributed by atoms with van der Waals surface area (Å²) < 4.78 is 64.4. The van der Waals surface area contributed by atoms with Gasteiger partial charge in [-0.2, -0.15) is 13.2 Å². The van der Waals surface area contributed by atoms with Crippen molar-refractivity contribution in [2.45, 2.75) is 13.1 Å². The normalized spacial score (nSPS) is 25.0. The molecule has 0 aromatic carbocycles. The molecular weight excluding hydrogens is 303 g/mol. The van der Waals surface area contributed by atoms with Gasteiger partial charge in [-0.25, -0.2) is 12.7 Å². The Hall–Kier alpha value is -0.870. The number of nitrogens with zero attached hydrogens (tertiary/aromatic N) is 1. The Morgan fingerprint density at radius 3 is 2.45 bits per heavy atom. The van der Waals surface area contributed by atoms with Gasteiger partial charge < -0.3 is 9.84 Å². The van der Waals surface area contributed by atoms with Gasteiger partial charge in [0.05, 0.1) is 18.3 Å². The van der Waals surface area contributed by atoms with E-state index in [1.165, 1.54) is 0 Å².